The SMILES string of the molecule is CCCOP(Cl)N=POC(Cl)(Cl)C(C)Cl. The summed E-state index contributed by atoms with van der Waals surface area (Å²) in [6.45, 7) is 4.16. The van der Waals surface area contributed by atoms with Crippen molar-refractivity contribution in [3.05, 3.63) is 0 Å². The van der Waals surface area contributed by atoms with Crippen LogP contribution in [0.15, 0.2) is 4.52 Å². The van der Waals surface area contributed by atoms with E-state index in [0.717, 1.165) is 6.42 Å². The Balaban J connectivity index is 3.87. The summed E-state index contributed by atoms with van der Waals surface area (Å²) in [5, 5.41) is -0.554. The van der Waals surface area contributed by atoms with Crippen LogP contribution in [0.3, 0.4) is 0 Å². The molecule has 9 heteroatoms. The number of nitrogens with zero attached hydrogens (tertiary/aromatic N) is 1. The maximum atomic E-state index is 5.74. The lowest BCUT2D eigenvalue weighted by molar-refractivity contribution is 0.281. The molecular formula is C6H11Cl4NO2P2. The van der Waals surface area contributed by atoms with Crippen LogP contribution in [-0.4, -0.2) is 16.5 Å². The maximum absolute atomic E-state index is 5.74. The molecule has 2 atom stereocenters. The normalized spacial score (nSPS) is 16.9. The zero-order chi connectivity index (χ0) is 11.9. The summed E-state index contributed by atoms with van der Waals surface area (Å²) < 4.78 is 12.5. The van der Waals surface area contributed by atoms with Crippen molar-refractivity contribution in [3.8, 4) is 0 Å². The molecule has 0 aromatic rings. The lowest BCUT2D eigenvalue weighted by Gasteiger charge is -2.18. The Morgan fingerprint density at radius 2 is 2.13 bits per heavy atom. The molecule has 3 nitrogen and oxygen atoms in total. The third-order valence-electron chi connectivity index (χ3n) is 1.13. The van der Waals surface area contributed by atoms with Gasteiger partial charge in [-0.05, 0) is 24.6 Å². The second kappa shape index (κ2) is 8.66. The van der Waals surface area contributed by atoms with Gasteiger partial charge in [0.05, 0.1) is 12.0 Å². The Morgan fingerprint density at radius 1 is 1.53 bits per heavy atom. The van der Waals surface area contributed by atoms with E-state index in [0.29, 0.717) is 6.61 Å². The topological polar surface area (TPSA) is 30.8 Å². The first-order chi connectivity index (χ1) is 6.90. The Kier molecular flexibility index (Phi) is 9.59. The third-order valence-corrected chi connectivity index (χ3v) is 5.21. The lowest BCUT2D eigenvalue weighted by Crippen LogP contribution is -2.23. The molecule has 0 saturated carbocycles. The van der Waals surface area contributed by atoms with Crippen LogP contribution in [0.2, 0.25) is 0 Å². The average molecular weight is 333 g/mol. The monoisotopic (exact) mass is 331 g/mol. The first kappa shape index (κ1) is 16.6. The summed E-state index contributed by atoms with van der Waals surface area (Å²) in [6.07, 6.45) is 0.881. The summed E-state index contributed by atoms with van der Waals surface area (Å²) in [7, 11) is -1.15. The molecule has 2 unspecified atom stereocenters. The Bertz CT molecular complexity index is 206. The minimum Gasteiger partial charge on any atom is -0.326 e. The molecule has 0 aliphatic heterocycles. The van der Waals surface area contributed by atoms with Gasteiger partial charge in [-0.3, -0.25) is 4.52 Å². The fourth-order valence-electron chi connectivity index (χ4n) is 0.366. The van der Waals surface area contributed by atoms with Gasteiger partial charge in [-0.2, -0.15) is 4.52 Å². The van der Waals surface area contributed by atoms with Gasteiger partial charge in [0.2, 0.25) is 4.52 Å². The highest BCUT2D eigenvalue weighted by Gasteiger charge is 2.31. The van der Waals surface area contributed by atoms with Crippen molar-refractivity contribution in [2.24, 2.45) is 4.52 Å². The van der Waals surface area contributed by atoms with Gasteiger partial charge in [0.25, 0.3) is 7.65 Å². The average Bonchev–Trinajstić information content (AvgIpc) is 2.14. The Morgan fingerprint density at radius 3 is 2.60 bits per heavy atom. The molecule has 90 valence electrons. The number of alkyl halides is 3. The largest absolute Gasteiger partial charge is 0.326 e. The first-order valence-electron chi connectivity index (χ1n) is 4.10. The zero-order valence-corrected chi connectivity index (χ0v) is 13.0. The van der Waals surface area contributed by atoms with E-state index in [1.807, 2.05) is 6.92 Å². The molecule has 0 heterocycles. The molecule has 0 aromatic heterocycles. The predicted octanol–water partition coefficient (Wildman–Crippen LogP) is 5.70. The number of rotatable bonds is 7. The molecular weight excluding hydrogens is 322 g/mol. The minimum atomic E-state index is -1.47. The van der Waals surface area contributed by atoms with E-state index in [1.54, 1.807) is 6.92 Å². The van der Waals surface area contributed by atoms with Crippen molar-refractivity contribution in [3.63, 3.8) is 0 Å². The number of hydrogen-bond acceptors (Lipinski definition) is 3. The maximum Gasteiger partial charge on any atom is 0.262 e. The second-order valence-electron chi connectivity index (χ2n) is 2.50. The number of halogens is 4. The summed E-state index contributed by atoms with van der Waals surface area (Å²) in [5.41, 5.74) is 0. The molecule has 0 aromatic carbocycles. The highest BCUT2D eigenvalue weighted by molar-refractivity contribution is 7.80. The van der Waals surface area contributed by atoms with Gasteiger partial charge >= 0.3 is 0 Å². The lowest BCUT2D eigenvalue weighted by atomic mass is 10.5. The molecule has 0 amide bonds. The van der Waals surface area contributed by atoms with Crippen LogP contribution < -0.4 is 0 Å². The molecule has 0 spiro atoms. The van der Waals surface area contributed by atoms with Crippen molar-refractivity contribution in [2.45, 2.75) is 30.2 Å². The van der Waals surface area contributed by atoms with Gasteiger partial charge in [0, 0.05) is 0 Å². The van der Waals surface area contributed by atoms with E-state index in [-0.39, 0.29) is 8.60 Å². The van der Waals surface area contributed by atoms with E-state index in [4.69, 9.17) is 55.1 Å². The summed E-state index contributed by atoms with van der Waals surface area (Å²) >= 11 is 22.9. The Labute approximate surface area is 112 Å². The molecule has 0 bridgehead atoms. The molecule has 0 rings (SSSR count). The van der Waals surface area contributed by atoms with Gasteiger partial charge in [-0.1, -0.05) is 30.1 Å². The van der Waals surface area contributed by atoms with Crippen LogP contribution >= 0.6 is 62.3 Å². The highest BCUT2D eigenvalue weighted by atomic mass is 35.7. The number of hydrogen-bond donors (Lipinski definition) is 0. The fraction of sp³-hybridized carbons (Fsp3) is 1.00. The van der Waals surface area contributed by atoms with Gasteiger partial charge in [-0.25, -0.2) is 0 Å². The van der Waals surface area contributed by atoms with Crippen LogP contribution in [0.5, 0.6) is 0 Å². The molecule has 0 N–H and O–H groups in total. The van der Waals surface area contributed by atoms with Crippen LogP contribution in [0.4, 0.5) is 0 Å². The van der Waals surface area contributed by atoms with Crippen LogP contribution in [-0.2, 0) is 9.05 Å². The van der Waals surface area contributed by atoms with Gasteiger partial charge in [0.1, 0.15) is 0 Å². The summed E-state index contributed by atoms with van der Waals surface area (Å²) in [5.74, 6) is 0. The Hall–Kier alpha value is 1.61. The van der Waals surface area contributed by atoms with E-state index in [9.17, 15) is 0 Å². The fourth-order valence-corrected chi connectivity index (χ4v) is 2.30. The summed E-state index contributed by atoms with van der Waals surface area (Å²) in [6, 6.07) is 0. The van der Waals surface area contributed by atoms with Gasteiger partial charge < -0.3 is 4.52 Å². The van der Waals surface area contributed by atoms with Crippen LogP contribution in [0.25, 0.3) is 0 Å². The predicted molar refractivity (Wildman–Crippen MR) is 69.2 cm³/mol. The van der Waals surface area contributed by atoms with Crippen molar-refractivity contribution in [1.29, 1.82) is 0 Å². The smallest absolute Gasteiger partial charge is 0.262 e. The standard InChI is InChI=1S/C6H11Cl4NO2P2/c1-3-4-12-15(10)11-14-13-6(8,9)5(2)7/h5H,3-4H2,1-2H3. The molecule has 0 saturated heterocycles. The molecule has 0 radical (unpaired) electrons. The highest BCUT2D eigenvalue weighted by Crippen LogP contribution is 2.48. The van der Waals surface area contributed by atoms with Crippen LogP contribution in [0, 0.1) is 0 Å². The second-order valence-corrected chi connectivity index (χ2v) is 7.11. The van der Waals surface area contributed by atoms with E-state index >= 15 is 0 Å². The first-order valence-corrected chi connectivity index (χ1v) is 8.17. The van der Waals surface area contributed by atoms with Crippen molar-refractivity contribution >= 4 is 62.3 Å². The van der Waals surface area contributed by atoms with Crippen molar-refractivity contribution in [1.82, 2.24) is 0 Å². The van der Waals surface area contributed by atoms with Crippen molar-refractivity contribution < 1.29 is 9.05 Å². The molecule has 15 heavy (non-hydrogen) atoms. The van der Waals surface area contributed by atoms with Gasteiger partial charge in [0.15, 0.2) is 8.60 Å². The summed E-state index contributed by atoms with van der Waals surface area (Å²) in [4.78, 5) is 0. The molecule has 0 fully saturated rings. The third kappa shape index (κ3) is 8.35. The van der Waals surface area contributed by atoms with Crippen LogP contribution in [0.1, 0.15) is 20.3 Å². The van der Waals surface area contributed by atoms with Crippen molar-refractivity contribution in [2.75, 3.05) is 6.61 Å². The molecule has 0 aliphatic rings. The zero-order valence-electron chi connectivity index (χ0n) is 8.16. The van der Waals surface area contributed by atoms with E-state index in [2.05, 4.69) is 4.52 Å². The van der Waals surface area contributed by atoms with E-state index in [1.165, 1.54) is 0 Å². The quantitative estimate of drug-likeness (QED) is 0.442. The van der Waals surface area contributed by atoms with E-state index < -0.39 is 17.5 Å². The minimum absolute atomic E-state index is 0.206. The molecule has 0 aliphatic carbocycles. The van der Waals surface area contributed by atoms with Gasteiger partial charge in [-0.15, -0.1) is 11.6 Å².